The monoisotopic (exact) mass is 295 g/mol. The van der Waals surface area contributed by atoms with E-state index in [4.69, 9.17) is 0 Å². The van der Waals surface area contributed by atoms with E-state index in [0.29, 0.717) is 6.54 Å². The Hall–Kier alpha value is -2.13. The summed E-state index contributed by atoms with van der Waals surface area (Å²) in [5.41, 5.74) is 3.56. The van der Waals surface area contributed by atoms with Crippen LogP contribution in [0.15, 0.2) is 54.6 Å². The number of aliphatic carboxylic acids is 1. The summed E-state index contributed by atoms with van der Waals surface area (Å²) in [5.74, 6) is -0.950. The molecule has 0 radical (unpaired) electrons. The summed E-state index contributed by atoms with van der Waals surface area (Å²) in [6, 6.07) is 18.5. The second-order valence-electron chi connectivity index (χ2n) is 6.15. The number of rotatable bonds is 4. The highest BCUT2D eigenvalue weighted by Crippen LogP contribution is 2.34. The summed E-state index contributed by atoms with van der Waals surface area (Å²) in [6.45, 7) is 4.28. The molecule has 1 aliphatic rings. The van der Waals surface area contributed by atoms with Crippen LogP contribution in [0.1, 0.15) is 22.6 Å². The minimum absolute atomic E-state index is 0.0705. The van der Waals surface area contributed by atoms with Crippen LogP contribution in [0, 0.1) is 12.8 Å². The van der Waals surface area contributed by atoms with Gasteiger partial charge in [0.2, 0.25) is 0 Å². The number of carbonyl (C=O) groups is 1. The molecule has 22 heavy (non-hydrogen) atoms. The summed E-state index contributed by atoms with van der Waals surface area (Å²) in [5, 5.41) is 9.57. The quantitative estimate of drug-likeness (QED) is 0.941. The van der Waals surface area contributed by atoms with Crippen LogP contribution in [0.3, 0.4) is 0 Å². The van der Waals surface area contributed by atoms with E-state index in [2.05, 4.69) is 42.2 Å². The molecule has 0 spiro atoms. The number of likely N-dealkylation sites (tertiary alicyclic amines) is 1. The van der Waals surface area contributed by atoms with Gasteiger partial charge >= 0.3 is 5.97 Å². The summed E-state index contributed by atoms with van der Waals surface area (Å²) in [4.78, 5) is 13.9. The van der Waals surface area contributed by atoms with Crippen molar-refractivity contribution in [2.75, 3.05) is 13.1 Å². The molecule has 1 aliphatic heterocycles. The van der Waals surface area contributed by atoms with Crippen LogP contribution in [-0.2, 0) is 11.3 Å². The van der Waals surface area contributed by atoms with E-state index in [9.17, 15) is 9.90 Å². The molecule has 1 heterocycles. The van der Waals surface area contributed by atoms with E-state index in [1.165, 1.54) is 11.1 Å². The van der Waals surface area contributed by atoms with Crippen molar-refractivity contribution >= 4 is 5.97 Å². The van der Waals surface area contributed by atoms with Gasteiger partial charge in [0.05, 0.1) is 5.92 Å². The summed E-state index contributed by atoms with van der Waals surface area (Å²) >= 11 is 0. The third-order valence-electron chi connectivity index (χ3n) is 4.43. The minimum Gasteiger partial charge on any atom is -0.481 e. The summed E-state index contributed by atoms with van der Waals surface area (Å²) < 4.78 is 0. The van der Waals surface area contributed by atoms with Crippen molar-refractivity contribution in [3.8, 4) is 0 Å². The maximum absolute atomic E-state index is 11.6. The number of nitrogens with zero attached hydrogens (tertiary/aromatic N) is 1. The Labute approximate surface area is 131 Å². The topological polar surface area (TPSA) is 40.5 Å². The smallest absolute Gasteiger partial charge is 0.308 e. The highest BCUT2D eigenvalue weighted by molar-refractivity contribution is 5.72. The zero-order valence-electron chi connectivity index (χ0n) is 12.8. The van der Waals surface area contributed by atoms with E-state index in [0.717, 1.165) is 18.7 Å². The fourth-order valence-electron chi connectivity index (χ4n) is 3.34. The Morgan fingerprint density at radius 2 is 1.91 bits per heavy atom. The molecule has 3 nitrogen and oxygen atoms in total. The number of hydrogen-bond donors (Lipinski definition) is 1. The molecule has 0 aliphatic carbocycles. The number of carboxylic acid groups (broad SMARTS) is 1. The Balaban J connectivity index is 1.79. The first-order valence-electron chi connectivity index (χ1n) is 7.69. The highest BCUT2D eigenvalue weighted by atomic mass is 16.4. The molecule has 0 amide bonds. The molecule has 0 unspecified atom stereocenters. The van der Waals surface area contributed by atoms with Gasteiger partial charge in [-0.1, -0.05) is 60.2 Å². The number of benzene rings is 2. The molecule has 3 heteroatoms. The molecule has 2 aromatic carbocycles. The maximum atomic E-state index is 11.6. The van der Waals surface area contributed by atoms with Crippen LogP contribution in [-0.4, -0.2) is 29.1 Å². The Morgan fingerprint density at radius 3 is 2.59 bits per heavy atom. The lowest BCUT2D eigenvalue weighted by molar-refractivity contribution is -0.141. The molecule has 2 aromatic rings. The van der Waals surface area contributed by atoms with Gasteiger partial charge in [-0.15, -0.1) is 0 Å². The van der Waals surface area contributed by atoms with Gasteiger partial charge in [-0.25, -0.2) is 0 Å². The van der Waals surface area contributed by atoms with E-state index in [-0.39, 0.29) is 11.8 Å². The lowest BCUT2D eigenvalue weighted by Gasteiger charge is -2.16. The predicted molar refractivity (Wildman–Crippen MR) is 86.8 cm³/mol. The van der Waals surface area contributed by atoms with Gasteiger partial charge < -0.3 is 5.11 Å². The average Bonchev–Trinajstić information content (AvgIpc) is 2.92. The number of hydrogen-bond acceptors (Lipinski definition) is 2. The van der Waals surface area contributed by atoms with Crippen molar-refractivity contribution in [3.05, 3.63) is 71.3 Å². The zero-order chi connectivity index (χ0) is 15.5. The SMILES string of the molecule is Cc1cccc([C@@H]2CN(Cc3ccccc3)C[C@@H]2C(=O)O)c1. The fraction of sp³-hybridized carbons (Fsp3) is 0.316. The van der Waals surface area contributed by atoms with Crippen LogP contribution in [0.5, 0.6) is 0 Å². The number of carboxylic acids is 1. The molecule has 114 valence electrons. The molecular formula is C19H21NO2. The lowest BCUT2D eigenvalue weighted by Crippen LogP contribution is -2.23. The first kappa shape index (κ1) is 14.8. The van der Waals surface area contributed by atoms with Gasteiger partial charge in [0.25, 0.3) is 0 Å². The standard InChI is InChI=1S/C19H21NO2/c1-14-6-5-9-16(10-14)17-12-20(13-18(17)19(21)22)11-15-7-3-2-4-8-15/h2-10,17-18H,11-13H2,1H3,(H,21,22)/t17-,18-/m0/s1. The number of aryl methyl sites for hydroxylation is 1. The molecule has 0 aromatic heterocycles. The Kier molecular flexibility index (Phi) is 4.25. The van der Waals surface area contributed by atoms with Gasteiger partial charge in [-0.05, 0) is 18.1 Å². The first-order chi connectivity index (χ1) is 10.6. The fourth-order valence-corrected chi connectivity index (χ4v) is 3.34. The molecule has 3 rings (SSSR count). The first-order valence-corrected chi connectivity index (χ1v) is 7.69. The molecule has 0 bridgehead atoms. The van der Waals surface area contributed by atoms with Gasteiger partial charge in [-0.3, -0.25) is 9.69 Å². The molecule has 0 saturated carbocycles. The van der Waals surface area contributed by atoms with Crippen molar-refractivity contribution in [2.45, 2.75) is 19.4 Å². The van der Waals surface area contributed by atoms with E-state index in [1.807, 2.05) is 24.3 Å². The average molecular weight is 295 g/mol. The highest BCUT2D eigenvalue weighted by Gasteiger charge is 2.38. The van der Waals surface area contributed by atoms with Gasteiger partial charge in [0.1, 0.15) is 0 Å². The van der Waals surface area contributed by atoms with Crippen molar-refractivity contribution in [2.24, 2.45) is 5.92 Å². The zero-order valence-corrected chi connectivity index (χ0v) is 12.8. The molecular weight excluding hydrogens is 274 g/mol. The molecule has 2 atom stereocenters. The van der Waals surface area contributed by atoms with Crippen LogP contribution in [0.25, 0.3) is 0 Å². The van der Waals surface area contributed by atoms with Gasteiger partial charge in [0.15, 0.2) is 0 Å². The van der Waals surface area contributed by atoms with Crippen molar-refractivity contribution < 1.29 is 9.90 Å². The largest absolute Gasteiger partial charge is 0.481 e. The predicted octanol–water partition coefficient (Wildman–Crippen LogP) is 3.30. The van der Waals surface area contributed by atoms with Gasteiger partial charge in [-0.2, -0.15) is 0 Å². The van der Waals surface area contributed by atoms with Crippen molar-refractivity contribution in [1.82, 2.24) is 4.90 Å². The normalized spacial score (nSPS) is 21.9. The van der Waals surface area contributed by atoms with Crippen molar-refractivity contribution in [3.63, 3.8) is 0 Å². The van der Waals surface area contributed by atoms with Crippen molar-refractivity contribution in [1.29, 1.82) is 0 Å². The molecule has 1 fully saturated rings. The maximum Gasteiger partial charge on any atom is 0.308 e. The second-order valence-corrected chi connectivity index (χ2v) is 6.15. The third kappa shape index (κ3) is 3.20. The summed E-state index contributed by atoms with van der Waals surface area (Å²) in [6.07, 6.45) is 0. The van der Waals surface area contributed by atoms with E-state index >= 15 is 0 Å². The molecule has 1 N–H and O–H groups in total. The Bertz CT molecular complexity index is 653. The lowest BCUT2D eigenvalue weighted by atomic mass is 9.88. The van der Waals surface area contributed by atoms with Gasteiger partial charge in [0, 0.05) is 25.6 Å². The minimum atomic E-state index is -0.693. The second kappa shape index (κ2) is 6.32. The van der Waals surface area contributed by atoms with Crippen LogP contribution >= 0.6 is 0 Å². The summed E-state index contributed by atoms with van der Waals surface area (Å²) in [7, 11) is 0. The van der Waals surface area contributed by atoms with Crippen LogP contribution in [0.4, 0.5) is 0 Å². The Morgan fingerprint density at radius 1 is 1.14 bits per heavy atom. The van der Waals surface area contributed by atoms with E-state index < -0.39 is 5.97 Å². The molecule has 1 saturated heterocycles. The van der Waals surface area contributed by atoms with E-state index in [1.54, 1.807) is 0 Å². The third-order valence-corrected chi connectivity index (χ3v) is 4.43. The van der Waals surface area contributed by atoms with Crippen LogP contribution < -0.4 is 0 Å². The van der Waals surface area contributed by atoms with Crippen LogP contribution in [0.2, 0.25) is 0 Å².